The van der Waals surface area contributed by atoms with Crippen LogP contribution in [0, 0.1) is 0 Å². The Morgan fingerprint density at radius 2 is 1.63 bits per heavy atom. The fourth-order valence-electron chi connectivity index (χ4n) is 3.29. The van der Waals surface area contributed by atoms with Crippen molar-refractivity contribution in [3.05, 3.63) is 45.3 Å². The molecule has 0 spiro atoms. The zero-order valence-corrected chi connectivity index (χ0v) is 17.0. The van der Waals surface area contributed by atoms with Gasteiger partial charge in [0.15, 0.2) is 6.10 Å². The highest BCUT2D eigenvalue weighted by molar-refractivity contribution is 9.10. The fourth-order valence-corrected chi connectivity index (χ4v) is 4.01. The number of halogens is 5. The van der Waals surface area contributed by atoms with Gasteiger partial charge in [0.1, 0.15) is 6.23 Å². The molecule has 1 fully saturated rings. The first kappa shape index (κ1) is 19.2. The van der Waals surface area contributed by atoms with Gasteiger partial charge in [0.2, 0.25) is 0 Å². The molecule has 144 valence electrons. The average molecular weight is 508 g/mol. The number of ether oxygens (including phenoxy) is 1. The number of aliphatic hydroxyl groups excluding tert-OH is 1. The molecule has 1 aromatic heterocycles. The molecule has 1 aliphatic heterocycles. The van der Waals surface area contributed by atoms with Gasteiger partial charge in [-0.3, -0.25) is 5.32 Å². The van der Waals surface area contributed by atoms with Gasteiger partial charge in [-0.25, -0.2) is 0 Å². The van der Waals surface area contributed by atoms with Crippen molar-refractivity contribution in [3.63, 3.8) is 0 Å². The van der Waals surface area contributed by atoms with Crippen LogP contribution >= 0.6 is 31.9 Å². The number of hydrogen-bond donors (Lipinski definition) is 2. The van der Waals surface area contributed by atoms with Gasteiger partial charge in [-0.15, -0.1) is 0 Å². The van der Waals surface area contributed by atoms with E-state index in [2.05, 4.69) is 41.9 Å². The zero-order valence-electron chi connectivity index (χ0n) is 13.8. The number of hydrogen-bond acceptors (Lipinski definition) is 3. The van der Waals surface area contributed by atoms with Crippen LogP contribution in [0.4, 0.5) is 13.2 Å². The average Bonchev–Trinajstić information content (AvgIpc) is 3.33. The molecule has 0 aliphatic carbocycles. The third kappa shape index (κ3) is 3.88. The highest BCUT2D eigenvalue weighted by Crippen LogP contribution is 2.36. The number of nitrogens with one attached hydrogen (secondary N) is 1. The predicted octanol–water partition coefficient (Wildman–Crippen LogP) is 4.56. The summed E-state index contributed by atoms with van der Waals surface area (Å²) in [7, 11) is 0. The number of aliphatic hydroxyl groups is 1. The lowest BCUT2D eigenvalue weighted by molar-refractivity contribution is -0.146. The second-order valence-electron chi connectivity index (χ2n) is 6.51. The van der Waals surface area contributed by atoms with Crippen molar-refractivity contribution in [2.24, 2.45) is 0 Å². The highest BCUT2D eigenvalue weighted by atomic mass is 79.9. The summed E-state index contributed by atoms with van der Waals surface area (Å²) in [6.45, 7) is 0.255. The van der Waals surface area contributed by atoms with Gasteiger partial charge >= 0.3 is 6.18 Å². The van der Waals surface area contributed by atoms with Crippen molar-refractivity contribution >= 4 is 53.7 Å². The number of nitrogens with zero attached hydrogens (tertiary/aromatic N) is 1. The third-order valence-electron chi connectivity index (χ3n) is 4.55. The Labute approximate surface area is 169 Å². The first-order chi connectivity index (χ1) is 12.7. The molecule has 9 heteroatoms. The van der Waals surface area contributed by atoms with Crippen molar-refractivity contribution in [1.29, 1.82) is 0 Å². The molecule has 0 saturated carbocycles. The first-order valence-electron chi connectivity index (χ1n) is 8.24. The van der Waals surface area contributed by atoms with Crippen molar-refractivity contribution in [1.82, 2.24) is 9.88 Å². The molecule has 1 saturated heterocycles. The molecular weight excluding hydrogens is 493 g/mol. The van der Waals surface area contributed by atoms with Crippen LogP contribution in [-0.2, 0) is 11.3 Å². The quantitative estimate of drug-likeness (QED) is 0.498. The van der Waals surface area contributed by atoms with E-state index in [1.54, 1.807) is 0 Å². The Kier molecular flexibility index (Phi) is 5.00. The summed E-state index contributed by atoms with van der Waals surface area (Å²) in [6, 6.07) is 11.8. The summed E-state index contributed by atoms with van der Waals surface area (Å²) in [5, 5.41) is 15.1. The van der Waals surface area contributed by atoms with Crippen LogP contribution in [0.2, 0.25) is 0 Å². The standard InChI is InChI=1S/C18H15Br2F3N2O2/c19-9-1-3-14-12(5-9)13-6-10(20)2-4-15(13)25(14)8-11(26)7-24-17-16(27-17)18(21,22)23/h1-6,11,16-17,24,26H,7-8H2. The van der Waals surface area contributed by atoms with Crippen LogP contribution < -0.4 is 5.32 Å². The molecule has 2 aromatic carbocycles. The number of fused-ring (bicyclic) bond motifs is 3. The lowest BCUT2D eigenvalue weighted by atomic mass is 10.2. The smallest absolute Gasteiger partial charge is 0.390 e. The van der Waals surface area contributed by atoms with Gasteiger partial charge < -0.3 is 14.4 Å². The lowest BCUT2D eigenvalue weighted by Crippen LogP contribution is -2.35. The van der Waals surface area contributed by atoms with E-state index in [-0.39, 0.29) is 13.1 Å². The Hall–Kier alpha value is -1.13. The summed E-state index contributed by atoms with van der Waals surface area (Å²) in [6.07, 6.45) is -8.11. The number of alkyl halides is 3. The number of epoxide rings is 1. The molecular formula is C18H15Br2F3N2O2. The maximum atomic E-state index is 12.5. The van der Waals surface area contributed by atoms with E-state index in [1.165, 1.54) is 0 Å². The minimum absolute atomic E-state index is 0.00543. The number of benzene rings is 2. The van der Waals surface area contributed by atoms with Crippen molar-refractivity contribution in [2.75, 3.05) is 6.54 Å². The molecule has 0 amide bonds. The zero-order chi connectivity index (χ0) is 19.3. The Balaban J connectivity index is 1.56. The molecule has 2 heterocycles. The van der Waals surface area contributed by atoms with Gasteiger partial charge in [-0.2, -0.15) is 13.2 Å². The van der Waals surface area contributed by atoms with Gasteiger partial charge in [0, 0.05) is 37.3 Å². The minimum atomic E-state index is -4.38. The Morgan fingerprint density at radius 3 is 2.11 bits per heavy atom. The molecule has 3 atom stereocenters. The van der Waals surface area contributed by atoms with Crippen molar-refractivity contribution in [3.8, 4) is 0 Å². The molecule has 4 rings (SSSR count). The fraction of sp³-hybridized carbons (Fsp3) is 0.333. The van der Waals surface area contributed by atoms with E-state index in [9.17, 15) is 18.3 Å². The van der Waals surface area contributed by atoms with E-state index in [0.717, 1.165) is 30.8 Å². The molecule has 1 aliphatic rings. The van der Waals surface area contributed by atoms with E-state index in [1.807, 2.05) is 41.0 Å². The molecule has 0 bridgehead atoms. The topological polar surface area (TPSA) is 49.7 Å². The van der Waals surface area contributed by atoms with Gasteiger partial charge in [-0.1, -0.05) is 31.9 Å². The van der Waals surface area contributed by atoms with E-state index in [4.69, 9.17) is 0 Å². The van der Waals surface area contributed by atoms with Crippen LogP contribution in [0.15, 0.2) is 45.3 Å². The largest absolute Gasteiger partial charge is 0.418 e. The first-order valence-corrected chi connectivity index (χ1v) is 9.83. The molecule has 3 aromatic rings. The van der Waals surface area contributed by atoms with Crippen molar-refractivity contribution < 1.29 is 23.0 Å². The normalized spacial score (nSPS) is 21.1. The second kappa shape index (κ2) is 7.04. The Bertz CT molecular complexity index is 946. The summed E-state index contributed by atoms with van der Waals surface area (Å²) in [4.78, 5) is 0. The van der Waals surface area contributed by atoms with E-state index < -0.39 is 24.6 Å². The maximum absolute atomic E-state index is 12.5. The van der Waals surface area contributed by atoms with E-state index >= 15 is 0 Å². The molecule has 0 radical (unpaired) electrons. The Morgan fingerprint density at radius 1 is 1.07 bits per heavy atom. The molecule has 27 heavy (non-hydrogen) atoms. The summed E-state index contributed by atoms with van der Waals surface area (Å²) >= 11 is 6.96. The second-order valence-corrected chi connectivity index (χ2v) is 8.35. The maximum Gasteiger partial charge on any atom is 0.418 e. The lowest BCUT2D eigenvalue weighted by Gasteiger charge is -2.14. The van der Waals surface area contributed by atoms with Crippen LogP contribution in [0.25, 0.3) is 21.8 Å². The van der Waals surface area contributed by atoms with Crippen LogP contribution in [0.5, 0.6) is 0 Å². The monoisotopic (exact) mass is 506 g/mol. The summed E-state index contributed by atoms with van der Waals surface area (Å²) in [5.41, 5.74) is 1.89. The highest BCUT2D eigenvalue weighted by Gasteiger charge is 2.58. The predicted molar refractivity (Wildman–Crippen MR) is 104 cm³/mol. The van der Waals surface area contributed by atoms with Crippen LogP contribution in [-0.4, -0.2) is 40.8 Å². The van der Waals surface area contributed by atoms with Gasteiger partial charge in [-0.05, 0) is 36.4 Å². The van der Waals surface area contributed by atoms with Crippen LogP contribution in [0.3, 0.4) is 0 Å². The minimum Gasteiger partial charge on any atom is -0.390 e. The third-order valence-corrected chi connectivity index (χ3v) is 5.54. The number of aromatic nitrogens is 1. The van der Waals surface area contributed by atoms with E-state index in [0.29, 0.717) is 0 Å². The molecule has 2 N–H and O–H groups in total. The van der Waals surface area contributed by atoms with Gasteiger partial charge in [0.05, 0.1) is 12.6 Å². The summed E-state index contributed by atoms with van der Waals surface area (Å²) in [5.74, 6) is 0. The van der Waals surface area contributed by atoms with Crippen LogP contribution in [0.1, 0.15) is 0 Å². The molecule has 4 nitrogen and oxygen atoms in total. The summed E-state index contributed by atoms with van der Waals surface area (Å²) < 4.78 is 45.9. The number of rotatable bonds is 5. The SMILES string of the molecule is OC(CNC1OC1C(F)(F)F)Cn1c2ccc(Br)cc2c2cc(Br)ccc21. The van der Waals surface area contributed by atoms with Gasteiger partial charge in [0.25, 0.3) is 0 Å². The molecule has 3 unspecified atom stereocenters. The van der Waals surface area contributed by atoms with Crippen molar-refractivity contribution in [2.45, 2.75) is 31.2 Å².